The number of hydrogen-bond acceptors (Lipinski definition) is 6. The normalized spacial score (nSPS) is 10.8. The van der Waals surface area contributed by atoms with Gasteiger partial charge in [0, 0.05) is 24.0 Å². The van der Waals surface area contributed by atoms with Crippen LogP contribution in [-0.4, -0.2) is 30.1 Å². The molecule has 1 N–H and O–H groups in total. The Labute approximate surface area is 196 Å². The summed E-state index contributed by atoms with van der Waals surface area (Å²) in [5.41, 5.74) is 3.74. The highest BCUT2D eigenvalue weighted by Crippen LogP contribution is 2.38. The summed E-state index contributed by atoms with van der Waals surface area (Å²) in [5, 5.41) is 3.73. The van der Waals surface area contributed by atoms with Crippen molar-refractivity contribution in [1.82, 2.24) is 15.3 Å². The van der Waals surface area contributed by atoms with Crippen molar-refractivity contribution in [3.05, 3.63) is 89.7 Å². The number of thiazole rings is 1. The van der Waals surface area contributed by atoms with Crippen molar-refractivity contribution >= 4 is 23.3 Å². The van der Waals surface area contributed by atoms with Crippen LogP contribution in [0, 0.1) is 0 Å². The summed E-state index contributed by atoms with van der Waals surface area (Å²) < 4.78 is 10.6. The molecule has 0 aliphatic heterocycles. The lowest BCUT2D eigenvalue weighted by Crippen LogP contribution is -2.20. The second-order valence-electron chi connectivity index (χ2n) is 7.08. The molecule has 0 fully saturated rings. The third kappa shape index (κ3) is 5.64. The van der Waals surface area contributed by atoms with Gasteiger partial charge >= 0.3 is 0 Å². The van der Waals surface area contributed by atoms with Crippen LogP contribution in [-0.2, 0) is 11.3 Å². The average Bonchev–Trinajstić information content (AvgIpc) is 3.31. The maximum Gasteiger partial charge on any atom is 0.244 e. The molecule has 0 saturated carbocycles. The predicted octanol–water partition coefficient (Wildman–Crippen LogP) is 5.22. The first-order chi connectivity index (χ1) is 16.2. The van der Waals surface area contributed by atoms with E-state index in [0.29, 0.717) is 6.54 Å². The molecule has 0 saturated heterocycles. The van der Waals surface area contributed by atoms with E-state index in [0.717, 1.165) is 43.8 Å². The van der Waals surface area contributed by atoms with Crippen molar-refractivity contribution in [2.75, 3.05) is 14.2 Å². The van der Waals surface area contributed by atoms with Crippen molar-refractivity contribution in [2.45, 2.75) is 6.54 Å². The Kier molecular flexibility index (Phi) is 7.12. The number of methoxy groups -OCH3 is 2. The highest BCUT2D eigenvalue weighted by atomic mass is 32.1. The van der Waals surface area contributed by atoms with E-state index in [9.17, 15) is 4.79 Å². The smallest absolute Gasteiger partial charge is 0.244 e. The van der Waals surface area contributed by atoms with Crippen molar-refractivity contribution in [3.63, 3.8) is 0 Å². The SMILES string of the molecule is COc1ccc(-c2nc(CNC(=O)C=Cc3cccnc3)sc2-c2ccc(OC)cc2)cc1. The first-order valence-corrected chi connectivity index (χ1v) is 11.1. The molecule has 4 aromatic rings. The molecule has 6 nitrogen and oxygen atoms in total. The molecule has 4 rings (SSSR count). The van der Waals surface area contributed by atoms with Gasteiger partial charge in [-0.1, -0.05) is 6.07 Å². The Morgan fingerprint density at radius 2 is 1.64 bits per heavy atom. The minimum absolute atomic E-state index is 0.189. The number of amides is 1. The van der Waals surface area contributed by atoms with E-state index >= 15 is 0 Å². The molecule has 166 valence electrons. The maximum absolute atomic E-state index is 12.3. The van der Waals surface area contributed by atoms with Gasteiger partial charge in [0.05, 0.1) is 31.3 Å². The largest absolute Gasteiger partial charge is 0.497 e. The number of pyridine rings is 1. The fourth-order valence-corrected chi connectivity index (χ4v) is 4.22. The second kappa shape index (κ2) is 10.6. The summed E-state index contributed by atoms with van der Waals surface area (Å²) in [7, 11) is 3.29. The van der Waals surface area contributed by atoms with Crippen LogP contribution in [0.3, 0.4) is 0 Å². The first kappa shape index (κ1) is 22.2. The topological polar surface area (TPSA) is 73.3 Å². The number of nitrogens with one attached hydrogen (secondary N) is 1. The van der Waals surface area contributed by atoms with Crippen molar-refractivity contribution < 1.29 is 14.3 Å². The zero-order chi connectivity index (χ0) is 23.0. The molecule has 2 heterocycles. The van der Waals surface area contributed by atoms with Crippen LogP contribution in [0.4, 0.5) is 0 Å². The van der Waals surface area contributed by atoms with Gasteiger partial charge < -0.3 is 14.8 Å². The average molecular weight is 458 g/mol. The molecule has 33 heavy (non-hydrogen) atoms. The van der Waals surface area contributed by atoms with Gasteiger partial charge in [0.25, 0.3) is 0 Å². The van der Waals surface area contributed by atoms with Crippen LogP contribution in [0.25, 0.3) is 27.8 Å². The summed E-state index contributed by atoms with van der Waals surface area (Å²) in [6, 6.07) is 19.4. The molecule has 0 atom stereocenters. The van der Waals surface area contributed by atoms with E-state index in [-0.39, 0.29) is 5.91 Å². The van der Waals surface area contributed by atoms with Crippen LogP contribution < -0.4 is 14.8 Å². The Balaban J connectivity index is 1.57. The molecular weight excluding hydrogens is 434 g/mol. The van der Waals surface area contributed by atoms with Gasteiger partial charge in [-0.05, 0) is 71.8 Å². The van der Waals surface area contributed by atoms with Gasteiger partial charge in [0.2, 0.25) is 5.91 Å². The monoisotopic (exact) mass is 457 g/mol. The number of nitrogens with zero attached hydrogens (tertiary/aromatic N) is 2. The summed E-state index contributed by atoms with van der Waals surface area (Å²) in [4.78, 5) is 22.2. The van der Waals surface area contributed by atoms with E-state index in [2.05, 4.69) is 10.3 Å². The molecule has 0 radical (unpaired) electrons. The number of rotatable bonds is 8. The number of hydrogen-bond donors (Lipinski definition) is 1. The zero-order valence-electron chi connectivity index (χ0n) is 18.3. The Morgan fingerprint density at radius 1 is 0.970 bits per heavy atom. The zero-order valence-corrected chi connectivity index (χ0v) is 19.1. The van der Waals surface area contributed by atoms with Gasteiger partial charge in [-0.15, -0.1) is 11.3 Å². The minimum atomic E-state index is -0.189. The molecule has 1 amide bonds. The van der Waals surface area contributed by atoms with Crippen LogP contribution in [0.15, 0.2) is 79.1 Å². The molecule has 0 aliphatic carbocycles. The lowest BCUT2D eigenvalue weighted by molar-refractivity contribution is -0.116. The van der Waals surface area contributed by atoms with Crippen LogP contribution >= 0.6 is 11.3 Å². The summed E-state index contributed by atoms with van der Waals surface area (Å²) in [5.74, 6) is 1.39. The van der Waals surface area contributed by atoms with Gasteiger partial charge in [0.15, 0.2) is 0 Å². The van der Waals surface area contributed by atoms with Crippen molar-refractivity contribution in [2.24, 2.45) is 0 Å². The Hall–Kier alpha value is -3.97. The van der Waals surface area contributed by atoms with Crippen LogP contribution in [0.1, 0.15) is 10.6 Å². The first-order valence-electron chi connectivity index (χ1n) is 10.3. The van der Waals surface area contributed by atoms with Crippen molar-refractivity contribution in [1.29, 1.82) is 0 Å². The molecule has 7 heteroatoms. The summed E-state index contributed by atoms with van der Waals surface area (Å²) >= 11 is 1.56. The van der Waals surface area contributed by atoms with Crippen LogP contribution in [0.5, 0.6) is 11.5 Å². The molecule has 0 aliphatic rings. The lowest BCUT2D eigenvalue weighted by Gasteiger charge is -2.05. The molecule has 2 aromatic carbocycles. The third-order valence-electron chi connectivity index (χ3n) is 4.91. The third-order valence-corrected chi connectivity index (χ3v) is 6.02. The highest BCUT2D eigenvalue weighted by molar-refractivity contribution is 7.15. The van der Waals surface area contributed by atoms with Crippen LogP contribution in [0.2, 0.25) is 0 Å². The maximum atomic E-state index is 12.3. The quantitative estimate of drug-likeness (QED) is 0.367. The summed E-state index contributed by atoms with van der Waals surface area (Å²) in [6.07, 6.45) is 6.63. The number of carbonyl (C=O) groups excluding carboxylic acids is 1. The number of benzene rings is 2. The fourth-order valence-electron chi connectivity index (χ4n) is 3.19. The molecule has 2 aromatic heterocycles. The van der Waals surface area contributed by atoms with E-state index in [1.807, 2.05) is 60.7 Å². The Morgan fingerprint density at radius 3 is 2.24 bits per heavy atom. The van der Waals surface area contributed by atoms with E-state index in [1.165, 1.54) is 6.08 Å². The fraction of sp³-hybridized carbons (Fsp3) is 0.115. The number of aromatic nitrogens is 2. The van der Waals surface area contributed by atoms with Gasteiger partial charge in [-0.2, -0.15) is 0 Å². The summed E-state index contributed by atoms with van der Waals surface area (Å²) in [6.45, 7) is 0.334. The molecule has 0 spiro atoms. The van der Waals surface area contributed by atoms with Gasteiger partial charge in [-0.3, -0.25) is 9.78 Å². The molecule has 0 bridgehead atoms. The van der Waals surface area contributed by atoms with E-state index in [1.54, 1.807) is 44.0 Å². The van der Waals surface area contributed by atoms with Gasteiger partial charge in [-0.25, -0.2) is 4.98 Å². The molecule has 0 unspecified atom stereocenters. The standard InChI is InChI=1S/C26H23N3O3S/c1-31-21-10-6-19(7-11-21)25-26(20-8-12-22(32-2)13-9-20)33-24(29-25)17-28-23(30)14-5-18-4-3-15-27-16-18/h3-16H,17H2,1-2H3,(H,28,30). The van der Waals surface area contributed by atoms with E-state index in [4.69, 9.17) is 14.5 Å². The second-order valence-corrected chi connectivity index (χ2v) is 8.16. The molecular formula is C26H23N3O3S. The predicted molar refractivity (Wildman–Crippen MR) is 131 cm³/mol. The van der Waals surface area contributed by atoms with E-state index < -0.39 is 0 Å². The van der Waals surface area contributed by atoms with Gasteiger partial charge in [0.1, 0.15) is 16.5 Å². The lowest BCUT2D eigenvalue weighted by atomic mass is 10.1. The number of ether oxygens (including phenoxy) is 2. The highest BCUT2D eigenvalue weighted by Gasteiger charge is 2.16. The minimum Gasteiger partial charge on any atom is -0.497 e. The number of carbonyl (C=O) groups is 1. The van der Waals surface area contributed by atoms with Crippen molar-refractivity contribution in [3.8, 4) is 33.2 Å². The Bertz CT molecular complexity index is 1170.